The van der Waals surface area contributed by atoms with Gasteiger partial charge < -0.3 is 4.90 Å². The van der Waals surface area contributed by atoms with Gasteiger partial charge in [-0.2, -0.15) is 0 Å². The van der Waals surface area contributed by atoms with E-state index >= 15 is 0 Å². The van der Waals surface area contributed by atoms with Gasteiger partial charge in [-0.05, 0) is 13.0 Å². The van der Waals surface area contributed by atoms with Crippen LogP contribution in [-0.2, 0) is 0 Å². The van der Waals surface area contributed by atoms with E-state index in [1.54, 1.807) is 0 Å². The van der Waals surface area contributed by atoms with Gasteiger partial charge in [0.25, 0.3) is 5.91 Å². The van der Waals surface area contributed by atoms with Crippen molar-refractivity contribution in [2.45, 2.75) is 33.1 Å². The van der Waals surface area contributed by atoms with Gasteiger partial charge in [0.15, 0.2) is 0 Å². The molecule has 2 rings (SSSR count). The highest BCUT2D eigenvalue weighted by Crippen LogP contribution is 2.10. The number of hydrogen-bond donors (Lipinski definition) is 1. The van der Waals surface area contributed by atoms with E-state index in [2.05, 4.69) is 27.0 Å². The van der Waals surface area contributed by atoms with Crippen molar-refractivity contribution in [1.82, 2.24) is 25.0 Å². The molecule has 6 heteroatoms. The minimum Gasteiger partial charge on any atom is -0.333 e. The van der Waals surface area contributed by atoms with E-state index < -0.39 is 0 Å². The van der Waals surface area contributed by atoms with E-state index in [0.717, 1.165) is 45.0 Å². The van der Waals surface area contributed by atoms with Crippen LogP contribution in [0.4, 0.5) is 0 Å². The molecule has 0 unspecified atom stereocenters. The topological polar surface area (TPSA) is 65.1 Å². The number of amides is 1. The van der Waals surface area contributed by atoms with Crippen molar-refractivity contribution in [3.05, 3.63) is 11.6 Å². The molecule has 1 aliphatic rings. The Balaban J connectivity index is 1.93. The maximum Gasteiger partial charge on any atom is 0.293 e. The number of carbonyl (C=O) groups is 1. The number of H-pyrrole nitrogens is 1. The van der Waals surface area contributed by atoms with Gasteiger partial charge in [0.2, 0.25) is 5.82 Å². The lowest BCUT2D eigenvalue weighted by atomic mass is 10.2. The second-order valence-electron chi connectivity index (χ2n) is 5.33. The van der Waals surface area contributed by atoms with Crippen LogP contribution < -0.4 is 0 Å². The van der Waals surface area contributed by atoms with E-state index in [0.29, 0.717) is 5.82 Å². The monoisotopic (exact) mass is 265 g/mol. The van der Waals surface area contributed by atoms with Crippen molar-refractivity contribution < 1.29 is 4.79 Å². The molecular weight excluding hydrogens is 242 g/mol. The van der Waals surface area contributed by atoms with Crippen molar-refractivity contribution in [3.63, 3.8) is 0 Å². The largest absolute Gasteiger partial charge is 0.333 e. The number of hydrogen-bond acceptors (Lipinski definition) is 4. The van der Waals surface area contributed by atoms with Crippen LogP contribution in [0.15, 0.2) is 0 Å². The van der Waals surface area contributed by atoms with Crippen LogP contribution in [0.5, 0.6) is 0 Å². The molecule has 2 heterocycles. The van der Waals surface area contributed by atoms with Crippen LogP contribution in [0.25, 0.3) is 0 Å². The zero-order valence-electron chi connectivity index (χ0n) is 12.0. The Morgan fingerprint density at radius 1 is 1.32 bits per heavy atom. The summed E-state index contributed by atoms with van der Waals surface area (Å²) >= 11 is 0. The van der Waals surface area contributed by atoms with E-state index in [4.69, 9.17) is 0 Å². The molecule has 106 valence electrons. The Morgan fingerprint density at radius 2 is 2.00 bits per heavy atom. The Hall–Kier alpha value is -1.43. The zero-order valence-corrected chi connectivity index (χ0v) is 12.0. The smallest absolute Gasteiger partial charge is 0.293 e. The number of rotatable bonds is 4. The van der Waals surface area contributed by atoms with Gasteiger partial charge >= 0.3 is 0 Å². The molecule has 1 amide bonds. The molecule has 1 N–H and O–H groups in total. The van der Waals surface area contributed by atoms with Gasteiger partial charge in [-0.3, -0.25) is 14.8 Å². The first-order valence-corrected chi connectivity index (χ1v) is 7.05. The van der Waals surface area contributed by atoms with Gasteiger partial charge in [-0.1, -0.05) is 20.8 Å². The summed E-state index contributed by atoms with van der Waals surface area (Å²) < 4.78 is 0. The molecule has 1 aliphatic heterocycles. The first kappa shape index (κ1) is 14.0. The highest BCUT2D eigenvalue weighted by atomic mass is 16.2. The fraction of sp³-hybridized carbons (Fsp3) is 0.769. The summed E-state index contributed by atoms with van der Waals surface area (Å²) in [4.78, 5) is 20.8. The van der Waals surface area contributed by atoms with Gasteiger partial charge in [0.1, 0.15) is 5.82 Å². The third kappa shape index (κ3) is 3.32. The van der Waals surface area contributed by atoms with Gasteiger partial charge in [-0.25, -0.2) is 4.98 Å². The van der Waals surface area contributed by atoms with Crippen LogP contribution in [0, 0.1) is 0 Å². The molecule has 0 atom stereocenters. The van der Waals surface area contributed by atoms with Crippen molar-refractivity contribution in [2.24, 2.45) is 0 Å². The normalized spacial score (nSPS) is 17.2. The lowest BCUT2D eigenvalue weighted by Crippen LogP contribution is -2.49. The number of aromatic amines is 1. The molecule has 0 saturated carbocycles. The Labute approximate surface area is 114 Å². The predicted molar refractivity (Wildman–Crippen MR) is 73.1 cm³/mol. The molecule has 0 spiro atoms. The highest BCUT2D eigenvalue weighted by Gasteiger charge is 2.24. The maximum absolute atomic E-state index is 12.3. The minimum absolute atomic E-state index is 0.0562. The lowest BCUT2D eigenvalue weighted by Gasteiger charge is -2.33. The van der Waals surface area contributed by atoms with E-state index in [1.807, 2.05) is 18.7 Å². The molecule has 0 bridgehead atoms. The molecule has 0 aromatic carbocycles. The van der Waals surface area contributed by atoms with Gasteiger partial charge in [0, 0.05) is 32.1 Å². The molecule has 0 aliphatic carbocycles. The predicted octanol–water partition coefficient (Wildman–Crippen LogP) is 1.10. The van der Waals surface area contributed by atoms with Crippen molar-refractivity contribution >= 4 is 5.91 Å². The highest BCUT2D eigenvalue weighted by molar-refractivity contribution is 5.90. The second kappa shape index (κ2) is 6.14. The van der Waals surface area contributed by atoms with Crippen LogP contribution >= 0.6 is 0 Å². The Kier molecular flexibility index (Phi) is 4.52. The van der Waals surface area contributed by atoms with Crippen molar-refractivity contribution in [3.8, 4) is 0 Å². The number of piperazine rings is 1. The van der Waals surface area contributed by atoms with E-state index in [9.17, 15) is 4.79 Å². The number of aromatic nitrogens is 3. The van der Waals surface area contributed by atoms with Gasteiger partial charge in [-0.15, -0.1) is 5.10 Å². The maximum atomic E-state index is 12.3. The summed E-state index contributed by atoms with van der Waals surface area (Å²) in [7, 11) is 0. The number of nitrogens with one attached hydrogen (secondary N) is 1. The summed E-state index contributed by atoms with van der Waals surface area (Å²) in [6, 6.07) is 0. The summed E-state index contributed by atoms with van der Waals surface area (Å²) in [5.41, 5.74) is 0. The van der Waals surface area contributed by atoms with Crippen molar-refractivity contribution in [2.75, 3.05) is 32.7 Å². The third-order valence-electron chi connectivity index (χ3n) is 3.44. The molecule has 0 radical (unpaired) electrons. The van der Waals surface area contributed by atoms with Crippen molar-refractivity contribution in [1.29, 1.82) is 0 Å². The average Bonchev–Trinajstić information content (AvgIpc) is 2.89. The summed E-state index contributed by atoms with van der Waals surface area (Å²) in [5, 5.41) is 6.86. The van der Waals surface area contributed by atoms with Crippen LogP contribution in [0.2, 0.25) is 0 Å². The number of nitrogens with zero attached hydrogens (tertiary/aromatic N) is 4. The molecule has 19 heavy (non-hydrogen) atoms. The fourth-order valence-electron chi connectivity index (χ4n) is 2.26. The molecule has 1 aromatic rings. The average molecular weight is 265 g/mol. The molecule has 6 nitrogen and oxygen atoms in total. The Morgan fingerprint density at radius 3 is 2.53 bits per heavy atom. The summed E-state index contributed by atoms with van der Waals surface area (Å²) in [5.74, 6) is 1.27. The fourth-order valence-corrected chi connectivity index (χ4v) is 2.26. The van der Waals surface area contributed by atoms with Crippen LogP contribution in [0.3, 0.4) is 0 Å². The quantitative estimate of drug-likeness (QED) is 0.885. The van der Waals surface area contributed by atoms with Crippen LogP contribution in [0.1, 0.15) is 49.6 Å². The first-order chi connectivity index (χ1) is 9.11. The molecule has 1 fully saturated rings. The minimum atomic E-state index is -0.0562. The van der Waals surface area contributed by atoms with Gasteiger partial charge in [0.05, 0.1) is 0 Å². The van der Waals surface area contributed by atoms with E-state index in [-0.39, 0.29) is 11.8 Å². The molecule has 1 aromatic heterocycles. The third-order valence-corrected chi connectivity index (χ3v) is 3.44. The van der Waals surface area contributed by atoms with E-state index in [1.165, 1.54) is 0 Å². The van der Waals surface area contributed by atoms with Crippen LogP contribution in [-0.4, -0.2) is 63.6 Å². The second-order valence-corrected chi connectivity index (χ2v) is 5.33. The standard InChI is InChI=1S/C13H23N5O/c1-4-5-17-6-8-18(9-7-17)13(19)12-14-11(10(2)3)15-16-12/h10H,4-9H2,1-3H3,(H,14,15,16). The zero-order chi connectivity index (χ0) is 13.8. The molecule has 1 saturated heterocycles. The Bertz CT molecular complexity index is 420. The first-order valence-electron chi connectivity index (χ1n) is 7.05. The summed E-state index contributed by atoms with van der Waals surface area (Å²) in [6.07, 6.45) is 1.16. The SMILES string of the molecule is CCCN1CCN(C(=O)c2n[nH]c(C(C)C)n2)CC1. The summed E-state index contributed by atoms with van der Waals surface area (Å²) in [6.45, 7) is 10.8. The molecular formula is C13H23N5O. The lowest BCUT2D eigenvalue weighted by molar-refractivity contribution is 0.0626. The number of carbonyl (C=O) groups excluding carboxylic acids is 1.